The van der Waals surface area contributed by atoms with Crippen molar-refractivity contribution in [3.63, 3.8) is 0 Å². The molecule has 76 valence electrons. The molecule has 7 heteroatoms. The highest BCUT2D eigenvalue weighted by molar-refractivity contribution is 7.90. The number of nitrogens with zero attached hydrogens (tertiary/aromatic N) is 1. The summed E-state index contributed by atoms with van der Waals surface area (Å²) in [7, 11) is -3.64. The van der Waals surface area contributed by atoms with Crippen molar-refractivity contribution in [3.8, 4) is 5.75 Å². The van der Waals surface area contributed by atoms with Crippen LogP contribution in [0.2, 0.25) is 0 Å². The Balaban J connectivity index is 3.44. The van der Waals surface area contributed by atoms with Gasteiger partial charge in [-0.15, -0.1) is 0 Å². The summed E-state index contributed by atoms with van der Waals surface area (Å²) in [6, 6.07) is 2.84. The Morgan fingerprint density at radius 2 is 2.00 bits per heavy atom. The number of nitro groups is 1. The van der Waals surface area contributed by atoms with Crippen molar-refractivity contribution < 1.29 is 18.4 Å². The van der Waals surface area contributed by atoms with E-state index in [2.05, 4.69) is 0 Å². The summed E-state index contributed by atoms with van der Waals surface area (Å²) >= 11 is 0. The minimum absolute atomic E-state index is 0.372. The molecule has 0 atom stereocenters. The van der Waals surface area contributed by atoms with Gasteiger partial charge in [-0.05, 0) is 6.07 Å². The van der Waals surface area contributed by atoms with Gasteiger partial charge >= 0.3 is 0 Å². The van der Waals surface area contributed by atoms with Crippen LogP contribution in [0.5, 0.6) is 5.75 Å². The third-order valence-corrected chi connectivity index (χ3v) is 2.68. The van der Waals surface area contributed by atoms with Crippen molar-refractivity contribution in [1.29, 1.82) is 0 Å². The van der Waals surface area contributed by atoms with E-state index in [9.17, 15) is 18.5 Å². The van der Waals surface area contributed by atoms with Crippen LogP contribution in [0.25, 0.3) is 0 Å². The van der Waals surface area contributed by atoms with Crippen molar-refractivity contribution in [1.82, 2.24) is 0 Å². The molecule has 1 aromatic rings. The number of rotatable bonds is 2. The Bertz CT molecular complexity index is 479. The minimum Gasteiger partial charge on any atom is -0.507 e. The van der Waals surface area contributed by atoms with Crippen LogP contribution in [0.15, 0.2) is 23.1 Å². The van der Waals surface area contributed by atoms with Gasteiger partial charge in [0.15, 0.2) is 9.84 Å². The molecule has 0 aliphatic carbocycles. The highest BCUT2D eigenvalue weighted by atomic mass is 32.2. The first-order valence-electron chi connectivity index (χ1n) is 3.50. The Labute approximate surface area is 79.9 Å². The Kier molecular flexibility index (Phi) is 2.43. The zero-order valence-corrected chi connectivity index (χ0v) is 7.98. The third-order valence-electron chi connectivity index (χ3n) is 1.55. The van der Waals surface area contributed by atoms with Gasteiger partial charge in [-0.2, -0.15) is 0 Å². The molecule has 0 aliphatic heterocycles. The van der Waals surface area contributed by atoms with E-state index in [1.165, 1.54) is 0 Å². The molecule has 0 bridgehead atoms. The van der Waals surface area contributed by atoms with Crippen LogP contribution in [0.1, 0.15) is 0 Å². The molecule has 0 aromatic heterocycles. The summed E-state index contributed by atoms with van der Waals surface area (Å²) in [5.74, 6) is -0.488. The van der Waals surface area contributed by atoms with E-state index in [1.54, 1.807) is 0 Å². The van der Waals surface area contributed by atoms with E-state index >= 15 is 0 Å². The number of nitro benzene ring substituents is 1. The van der Waals surface area contributed by atoms with Gasteiger partial charge in [0.1, 0.15) is 10.6 Å². The quantitative estimate of drug-likeness (QED) is 0.581. The molecule has 0 fully saturated rings. The number of aromatic hydroxyl groups is 1. The van der Waals surface area contributed by atoms with Crippen molar-refractivity contribution in [2.75, 3.05) is 6.26 Å². The molecule has 1 N–H and O–H groups in total. The monoisotopic (exact) mass is 217 g/mol. The first kappa shape index (κ1) is 10.5. The van der Waals surface area contributed by atoms with Gasteiger partial charge in [0.05, 0.1) is 4.92 Å². The number of phenolic OH excluding ortho intramolecular Hbond substituents is 1. The van der Waals surface area contributed by atoms with Crippen LogP contribution in [0, 0.1) is 10.1 Å². The van der Waals surface area contributed by atoms with Crippen LogP contribution in [-0.2, 0) is 9.84 Å². The van der Waals surface area contributed by atoms with E-state index < -0.39 is 25.4 Å². The SMILES string of the molecule is CS(=O)(=O)c1cc([N+](=O)[O-])ccc1O. The number of phenols is 1. The Morgan fingerprint density at radius 1 is 1.43 bits per heavy atom. The van der Waals surface area contributed by atoms with Crippen LogP contribution < -0.4 is 0 Å². The molecule has 14 heavy (non-hydrogen) atoms. The fourth-order valence-corrected chi connectivity index (χ4v) is 1.70. The number of hydrogen-bond acceptors (Lipinski definition) is 5. The van der Waals surface area contributed by atoms with Crippen molar-refractivity contribution in [3.05, 3.63) is 28.3 Å². The lowest BCUT2D eigenvalue weighted by Crippen LogP contribution is -1.99. The van der Waals surface area contributed by atoms with Crippen LogP contribution in [0.4, 0.5) is 5.69 Å². The third kappa shape index (κ3) is 1.99. The van der Waals surface area contributed by atoms with Crippen LogP contribution in [-0.4, -0.2) is 24.7 Å². The normalized spacial score (nSPS) is 11.2. The van der Waals surface area contributed by atoms with E-state index in [4.69, 9.17) is 5.11 Å². The predicted octanol–water partition coefficient (Wildman–Crippen LogP) is 0.704. The molecule has 0 radical (unpaired) electrons. The summed E-state index contributed by atoms with van der Waals surface area (Å²) in [5.41, 5.74) is -0.372. The summed E-state index contributed by atoms with van der Waals surface area (Å²) in [6.45, 7) is 0. The highest BCUT2D eigenvalue weighted by Crippen LogP contribution is 2.26. The van der Waals surface area contributed by atoms with Crippen molar-refractivity contribution in [2.24, 2.45) is 0 Å². The molecule has 0 heterocycles. The predicted molar refractivity (Wildman–Crippen MR) is 47.9 cm³/mol. The molecular formula is C7H7NO5S. The summed E-state index contributed by atoms with van der Waals surface area (Å²) in [6.07, 6.45) is 0.867. The minimum atomic E-state index is -3.64. The van der Waals surface area contributed by atoms with E-state index in [-0.39, 0.29) is 5.69 Å². The lowest BCUT2D eigenvalue weighted by Gasteiger charge is -2.00. The molecular weight excluding hydrogens is 210 g/mol. The first-order chi connectivity index (χ1) is 6.32. The fraction of sp³-hybridized carbons (Fsp3) is 0.143. The maximum Gasteiger partial charge on any atom is 0.271 e. The molecule has 0 unspecified atom stereocenters. The maximum absolute atomic E-state index is 11.0. The van der Waals surface area contributed by atoms with Gasteiger partial charge in [0, 0.05) is 18.4 Å². The highest BCUT2D eigenvalue weighted by Gasteiger charge is 2.17. The lowest BCUT2D eigenvalue weighted by atomic mass is 10.3. The molecule has 1 rings (SSSR count). The average Bonchev–Trinajstić information content (AvgIpc) is 2.02. The fourth-order valence-electron chi connectivity index (χ4n) is 0.913. The summed E-state index contributed by atoms with van der Waals surface area (Å²) < 4.78 is 22.1. The molecule has 1 aromatic carbocycles. The Hall–Kier alpha value is -1.63. The van der Waals surface area contributed by atoms with E-state index in [0.717, 1.165) is 24.5 Å². The molecule has 0 aliphatic rings. The number of sulfone groups is 1. The molecule has 0 saturated heterocycles. The maximum atomic E-state index is 11.0. The van der Waals surface area contributed by atoms with E-state index in [0.29, 0.717) is 0 Å². The molecule has 0 amide bonds. The van der Waals surface area contributed by atoms with Gasteiger partial charge in [-0.25, -0.2) is 8.42 Å². The standard InChI is InChI=1S/C7H7NO5S/c1-14(12,13)7-4-5(8(10)11)2-3-6(7)9/h2-4,9H,1H3. The Morgan fingerprint density at radius 3 is 2.43 bits per heavy atom. The first-order valence-corrected chi connectivity index (χ1v) is 5.39. The topological polar surface area (TPSA) is 97.5 Å². The second kappa shape index (κ2) is 3.26. The molecule has 0 spiro atoms. The van der Waals surface area contributed by atoms with Gasteiger partial charge in [-0.3, -0.25) is 10.1 Å². The lowest BCUT2D eigenvalue weighted by molar-refractivity contribution is -0.385. The van der Waals surface area contributed by atoms with Crippen LogP contribution in [0.3, 0.4) is 0 Å². The van der Waals surface area contributed by atoms with Crippen molar-refractivity contribution in [2.45, 2.75) is 4.90 Å². The second-order valence-electron chi connectivity index (χ2n) is 2.68. The van der Waals surface area contributed by atoms with Gasteiger partial charge in [-0.1, -0.05) is 0 Å². The number of benzene rings is 1. The number of hydrogen-bond donors (Lipinski definition) is 1. The second-order valence-corrected chi connectivity index (χ2v) is 4.67. The van der Waals surface area contributed by atoms with Crippen molar-refractivity contribution >= 4 is 15.5 Å². The smallest absolute Gasteiger partial charge is 0.271 e. The average molecular weight is 217 g/mol. The summed E-state index contributed by atoms with van der Waals surface area (Å²) in [4.78, 5) is 9.15. The van der Waals surface area contributed by atoms with Gasteiger partial charge in [0.25, 0.3) is 5.69 Å². The summed E-state index contributed by atoms with van der Waals surface area (Å²) in [5, 5.41) is 19.5. The van der Waals surface area contributed by atoms with Gasteiger partial charge < -0.3 is 5.11 Å². The molecule has 6 nitrogen and oxygen atoms in total. The van der Waals surface area contributed by atoms with Gasteiger partial charge in [0.2, 0.25) is 0 Å². The molecule has 0 saturated carbocycles. The van der Waals surface area contributed by atoms with E-state index in [1.807, 2.05) is 0 Å². The zero-order valence-electron chi connectivity index (χ0n) is 7.17. The zero-order chi connectivity index (χ0) is 10.9. The largest absolute Gasteiger partial charge is 0.507 e. The van der Waals surface area contributed by atoms with Crippen LogP contribution >= 0.6 is 0 Å². The number of non-ortho nitro benzene ring substituents is 1.